The molecule has 0 aliphatic carbocycles. The number of rotatable bonds is 7. The zero-order chi connectivity index (χ0) is 24.9. The highest BCUT2D eigenvalue weighted by atomic mass is 16.3. The molecule has 1 fully saturated rings. The van der Waals surface area contributed by atoms with Gasteiger partial charge in [0.2, 0.25) is 0 Å². The van der Waals surface area contributed by atoms with Crippen LogP contribution in [-0.4, -0.2) is 56.0 Å². The number of hydrogen-bond acceptors (Lipinski definition) is 4. The lowest BCUT2D eigenvalue weighted by Gasteiger charge is -2.31. The number of H-pyrrole nitrogens is 1. The number of imidazole rings is 1. The number of aromatic nitrogens is 2. The molecule has 1 aliphatic rings. The Kier molecular flexibility index (Phi) is 7.71. The van der Waals surface area contributed by atoms with Crippen LogP contribution in [0.25, 0.3) is 5.57 Å². The quantitative estimate of drug-likeness (QED) is 0.478. The Bertz CT molecular complexity index is 1150. The Labute approximate surface area is 208 Å². The Morgan fingerprint density at radius 2 is 1.66 bits per heavy atom. The van der Waals surface area contributed by atoms with Crippen LogP contribution >= 0.6 is 0 Å². The maximum absolute atomic E-state index is 13.2. The van der Waals surface area contributed by atoms with Crippen molar-refractivity contribution in [1.29, 1.82) is 0 Å². The van der Waals surface area contributed by atoms with Crippen molar-refractivity contribution in [2.24, 2.45) is 0 Å². The summed E-state index contributed by atoms with van der Waals surface area (Å²) < 4.78 is 0. The third-order valence-corrected chi connectivity index (χ3v) is 6.64. The van der Waals surface area contributed by atoms with Crippen LogP contribution in [0.3, 0.4) is 0 Å². The van der Waals surface area contributed by atoms with Crippen molar-refractivity contribution in [1.82, 2.24) is 19.8 Å². The summed E-state index contributed by atoms with van der Waals surface area (Å²) in [5.74, 6) is 1.30. The van der Waals surface area contributed by atoms with Gasteiger partial charge in [-0.3, -0.25) is 9.69 Å². The molecule has 1 saturated heterocycles. The van der Waals surface area contributed by atoms with Crippen molar-refractivity contribution in [2.75, 3.05) is 13.1 Å². The number of carbonyl (C=O) groups excluding carboxylic acids is 1. The second kappa shape index (κ2) is 10.9. The van der Waals surface area contributed by atoms with Crippen LogP contribution in [-0.2, 0) is 6.54 Å². The molecule has 0 unspecified atom stereocenters. The number of phenols is 1. The minimum Gasteiger partial charge on any atom is -0.508 e. The molecule has 2 aromatic carbocycles. The van der Waals surface area contributed by atoms with Gasteiger partial charge < -0.3 is 15.0 Å². The molecule has 0 saturated carbocycles. The lowest BCUT2D eigenvalue weighted by molar-refractivity contribution is 0.0643. The first-order valence-electron chi connectivity index (χ1n) is 12.5. The number of benzene rings is 2. The average molecular weight is 473 g/mol. The van der Waals surface area contributed by atoms with Crippen molar-refractivity contribution >= 4 is 11.5 Å². The Hall–Kier alpha value is -3.38. The Balaban J connectivity index is 1.62. The number of likely N-dealkylation sites (tertiary alicyclic amines) is 1. The summed E-state index contributed by atoms with van der Waals surface area (Å²) in [6, 6.07) is 15.7. The molecule has 0 spiro atoms. The molecular formula is C29H36N4O2. The predicted molar refractivity (Wildman–Crippen MR) is 140 cm³/mol. The van der Waals surface area contributed by atoms with E-state index in [0.29, 0.717) is 5.56 Å². The first-order chi connectivity index (χ1) is 16.8. The van der Waals surface area contributed by atoms with Crippen molar-refractivity contribution in [3.8, 4) is 5.75 Å². The summed E-state index contributed by atoms with van der Waals surface area (Å²) in [6.07, 6.45) is 5.54. The van der Waals surface area contributed by atoms with E-state index < -0.39 is 0 Å². The number of aromatic amines is 1. The van der Waals surface area contributed by atoms with E-state index in [1.807, 2.05) is 47.5 Å². The monoisotopic (exact) mass is 472 g/mol. The van der Waals surface area contributed by atoms with Gasteiger partial charge in [-0.2, -0.15) is 0 Å². The Morgan fingerprint density at radius 1 is 1.00 bits per heavy atom. The van der Waals surface area contributed by atoms with E-state index in [-0.39, 0.29) is 23.7 Å². The second-order valence-electron chi connectivity index (χ2n) is 9.82. The molecule has 6 nitrogen and oxygen atoms in total. The third-order valence-electron chi connectivity index (χ3n) is 6.64. The lowest BCUT2D eigenvalue weighted by Crippen LogP contribution is -2.42. The summed E-state index contributed by atoms with van der Waals surface area (Å²) in [5, 5.41) is 10.2. The normalized spacial score (nSPS) is 14.5. The molecule has 35 heavy (non-hydrogen) atoms. The number of nitrogens with one attached hydrogen (secondary N) is 1. The highest BCUT2D eigenvalue weighted by molar-refractivity contribution is 5.95. The maximum Gasteiger partial charge on any atom is 0.254 e. The van der Waals surface area contributed by atoms with E-state index in [0.717, 1.165) is 55.0 Å². The standard InChI is InChI=1S/C29H36N4O2/c1-20(2)33(21(3)4)29(35)24-10-8-22(9-11-24)28(25-6-5-7-26(34)18-25)23-12-16-32(17-13-23)19-27-30-14-15-31-27/h5-11,14-15,18,20-21,34H,12-13,16-17,19H2,1-4H3,(H,30,31). The fraction of sp³-hybridized carbons (Fsp3) is 0.379. The molecule has 0 radical (unpaired) electrons. The van der Waals surface area contributed by atoms with Crippen molar-refractivity contribution in [3.63, 3.8) is 0 Å². The van der Waals surface area contributed by atoms with E-state index in [1.165, 1.54) is 5.57 Å². The predicted octanol–water partition coefficient (Wildman–Crippen LogP) is 5.47. The largest absolute Gasteiger partial charge is 0.508 e. The van der Waals surface area contributed by atoms with E-state index in [9.17, 15) is 9.90 Å². The number of piperidine rings is 1. The van der Waals surface area contributed by atoms with E-state index >= 15 is 0 Å². The van der Waals surface area contributed by atoms with Crippen molar-refractivity contribution in [3.05, 3.63) is 89.0 Å². The van der Waals surface area contributed by atoms with Crippen LogP contribution < -0.4 is 0 Å². The molecule has 1 amide bonds. The summed E-state index contributed by atoms with van der Waals surface area (Å²) in [6.45, 7) is 10.9. The van der Waals surface area contributed by atoms with Gasteiger partial charge >= 0.3 is 0 Å². The molecule has 1 aliphatic heterocycles. The molecular weight excluding hydrogens is 436 g/mol. The zero-order valence-corrected chi connectivity index (χ0v) is 21.2. The Morgan fingerprint density at radius 3 is 2.23 bits per heavy atom. The van der Waals surface area contributed by atoms with Crippen molar-refractivity contribution < 1.29 is 9.90 Å². The van der Waals surface area contributed by atoms with Gasteiger partial charge in [0.25, 0.3) is 5.91 Å². The number of amides is 1. The number of nitrogens with zero attached hydrogens (tertiary/aromatic N) is 3. The van der Waals surface area contributed by atoms with Gasteiger partial charge in [0.1, 0.15) is 11.6 Å². The number of carbonyl (C=O) groups is 1. The highest BCUT2D eigenvalue weighted by Crippen LogP contribution is 2.34. The smallest absolute Gasteiger partial charge is 0.254 e. The number of phenolic OH excluding ortho intramolecular Hbond substituents is 1. The first kappa shape index (κ1) is 24.7. The van der Waals surface area contributed by atoms with Crippen LogP contribution in [0.5, 0.6) is 5.75 Å². The second-order valence-corrected chi connectivity index (χ2v) is 9.82. The number of aromatic hydroxyl groups is 1. The molecule has 2 heterocycles. The van der Waals surface area contributed by atoms with Crippen molar-refractivity contribution in [2.45, 2.75) is 59.2 Å². The molecule has 0 atom stereocenters. The molecule has 6 heteroatoms. The maximum atomic E-state index is 13.2. The summed E-state index contributed by atoms with van der Waals surface area (Å²) in [5.41, 5.74) is 5.30. The van der Waals surface area contributed by atoms with Gasteiger partial charge in [-0.1, -0.05) is 29.8 Å². The number of hydrogen-bond donors (Lipinski definition) is 2. The summed E-state index contributed by atoms with van der Waals surface area (Å²) in [4.78, 5) is 25.0. The van der Waals surface area contributed by atoms with Gasteiger partial charge in [0.05, 0.1) is 6.54 Å². The summed E-state index contributed by atoms with van der Waals surface area (Å²) >= 11 is 0. The molecule has 3 aromatic rings. The van der Waals surface area contributed by atoms with Crippen LogP contribution in [0.4, 0.5) is 0 Å². The van der Waals surface area contributed by atoms with Crippen LogP contribution in [0, 0.1) is 0 Å². The third kappa shape index (κ3) is 5.82. The minimum atomic E-state index is 0.0549. The molecule has 184 valence electrons. The molecule has 4 rings (SSSR count). The van der Waals surface area contributed by atoms with Crippen LogP contribution in [0.2, 0.25) is 0 Å². The lowest BCUT2D eigenvalue weighted by atomic mass is 9.88. The average Bonchev–Trinajstić information content (AvgIpc) is 3.33. The van der Waals surface area contributed by atoms with Crippen LogP contribution in [0.1, 0.15) is 67.8 Å². The van der Waals surface area contributed by atoms with E-state index in [1.54, 1.807) is 12.3 Å². The van der Waals surface area contributed by atoms with E-state index in [4.69, 9.17) is 0 Å². The molecule has 2 N–H and O–H groups in total. The fourth-order valence-electron chi connectivity index (χ4n) is 5.06. The van der Waals surface area contributed by atoms with Gasteiger partial charge in [-0.25, -0.2) is 4.98 Å². The first-order valence-corrected chi connectivity index (χ1v) is 12.5. The topological polar surface area (TPSA) is 72.5 Å². The summed E-state index contributed by atoms with van der Waals surface area (Å²) in [7, 11) is 0. The SMILES string of the molecule is CC(C)N(C(=O)c1ccc(C(=C2CCN(Cc3ncc[nH]3)CC2)c2cccc(O)c2)cc1)C(C)C. The minimum absolute atomic E-state index is 0.0549. The van der Waals surface area contributed by atoms with E-state index in [2.05, 4.69) is 48.6 Å². The molecule has 0 bridgehead atoms. The van der Waals surface area contributed by atoms with Gasteiger partial charge in [-0.15, -0.1) is 0 Å². The van der Waals surface area contributed by atoms with Gasteiger partial charge in [0.15, 0.2) is 0 Å². The van der Waals surface area contributed by atoms with Gasteiger partial charge in [0, 0.05) is 43.1 Å². The molecule has 1 aromatic heterocycles. The fourth-order valence-corrected chi connectivity index (χ4v) is 5.06. The van der Waals surface area contributed by atoms with Gasteiger partial charge in [-0.05, 0) is 81.5 Å². The zero-order valence-electron chi connectivity index (χ0n) is 21.2. The highest BCUT2D eigenvalue weighted by Gasteiger charge is 2.23. The van der Waals surface area contributed by atoms with Crippen LogP contribution in [0.15, 0.2) is 66.5 Å².